The van der Waals surface area contributed by atoms with Crippen LogP contribution < -0.4 is 5.32 Å². The summed E-state index contributed by atoms with van der Waals surface area (Å²) in [5.74, 6) is 1.74. The van der Waals surface area contributed by atoms with Gasteiger partial charge in [-0.15, -0.1) is 5.10 Å². The lowest BCUT2D eigenvalue weighted by Gasteiger charge is -2.39. The minimum Gasteiger partial charge on any atom is -0.374 e. The van der Waals surface area contributed by atoms with Crippen LogP contribution in [0.15, 0.2) is 18.3 Å². The van der Waals surface area contributed by atoms with E-state index in [2.05, 4.69) is 27.3 Å². The van der Waals surface area contributed by atoms with Crippen molar-refractivity contribution in [2.75, 3.05) is 44.6 Å². The van der Waals surface area contributed by atoms with E-state index in [0.29, 0.717) is 13.2 Å². The number of ether oxygens (including phenoxy) is 1. The fourth-order valence-corrected chi connectivity index (χ4v) is 3.48. The minimum atomic E-state index is -0.0867. The number of piperidine rings is 1. The number of morpholine rings is 1. The number of rotatable bonds is 5. The second-order valence-electron chi connectivity index (χ2n) is 7.16. The molecule has 0 spiro atoms. The third-order valence-electron chi connectivity index (χ3n) is 5.25. The number of hydrogen-bond donors (Lipinski definition) is 1. The number of amides is 1. The van der Waals surface area contributed by atoms with Gasteiger partial charge in [0.15, 0.2) is 0 Å². The fourth-order valence-electron chi connectivity index (χ4n) is 3.48. The Kier molecular flexibility index (Phi) is 6.20. The maximum atomic E-state index is 12.8. The lowest BCUT2D eigenvalue weighted by Crippen LogP contribution is -2.55. The van der Waals surface area contributed by atoms with E-state index in [9.17, 15) is 4.79 Å². The van der Waals surface area contributed by atoms with Gasteiger partial charge in [0.1, 0.15) is 5.82 Å². The van der Waals surface area contributed by atoms with E-state index in [1.54, 1.807) is 6.20 Å². The van der Waals surface area contributed by atoms with Crippen molar-refractivity contribution < 1.29 is 9.53 Å². The number of anilines is 1. The van der Waals surface area contributed by atoms with E-state index >= 15 is 0 Å². The van der Waals surface area contributed by atoms with Crippen LogP contribution in [0.3, 0.4) is 0 Å². The van der Waals surface area contributed by atoms with Crippen LogP contribution in [-0.4, -0.2) is 77.4 Å². The first-order valence-corrected chi connectivity index (χ1v) is 9.29. The van der Waals surface area contributed by atoms with Gasteiger partial charge in [-0.25, -0.2) is 0 Å². The lowest BCUT2D eigenvalue weighted by molar-refractivity contribution is -0.140. The van der Waals surface area contributed by atoms with Gasteiger partial charge in [0.05, 0.1) is 18.8 Å². The Bertz CT molecular complexity index is 548. The van der Waals surface area contributed by atoms with Crippen LogP contribution in [0.1, 0.15) is 26.7 Å². The van der Waals surface area contributed by atoms with Crippen LogP contribution >= 0.6 is 0 Å². The van der Waals surface area contributed by atoms with Crippen LogP contribution in [0.4, 0.5) is 5.82 Å². The van der Waals surface area contributed by atoms with Crippen molar-refractivity contribution in [1.29, 1.82) is 0 Å². The van der Waals surface area contributed by atoms with Crippen LogP contribution in [-0.2, 0) is 9.53 Å². The molecule has 2 aliphatic heterocycles. The zero-order valence-electron chi connectivity index (χ0n) is 15.2. The number of likely N-dealkylation sites (tertiary alicyclic amines) is 1. The van der Waals surface area contributed by atoms with Crippen LogP contribution in [0.2, 0.25) is 0 Å². The van der Waals surface area contributed by atoms with Crippen molar-refractivity contribution in [2.24, 2.45) is 5.92 Å². The largest absolute Gasteiger partial charge is 0.374 e. The normalized spacial score (nSPS) is 24.1. The van der Waals surface area contributed by atoms with E-state index in [1.807, 2.05) is 24.0 Å². The van der Waals surface area contributed by atoms with Gasteiger partial charge >= 0.3 is 0 Å². The molecule has 1 aromatic rings. The van der Waals surface area contributed by atoms with E-state index in [4.69, 9.17) is 4.74 Å². The third-order valence-corrected chi connectivity index (χ3v) is 5.25. The Morgan fingerprint density at radius 1 is 1.40 bits per heavy atom. The molecule has 7 heteroatoms. The van der Waals surface area contributed by atoms with Crippen molar-refractivity contribution in [3.05, 3.63) is 18.3 Å². The lowest BCUT2D eigenvalue weighted by atomic mass is 9.98. The SMILES string of the molecule is CC1CCN(C(=O)[C@H](C)N2CCO[C@H](CNc3cccnn3)C2)CC1. The van der Waals surface area contributed by atoms with E-state index in [0.717, 1.165) is 50.8 Å². The molecule has 2 fully saturated rings. The number of hydrogen-bond acceptors (Lipinski definition) is 6. The molecule has 1 N–H and O–H groups in total. The number of aromatic nitrogens is 2. The highest BCUT2D eigenvalue weighted by Crippen LogP contribution is 2.19. The Morgan fingerprint density at radius 3 is 2.92 bits per heavy atom. The molecule has 7 nitrogen and oxygen atoms in total. The molecule has 3 rings (SSSR count). The maximum absolute atomic E-state index is 12.8. The molecule has 0 aromatic carbocycles. The highest BCUT2D eigenvalue weighted by atomic mass is 16.5. The monoisotopic (exact) mass is 347 g/mol. The predicted molar refractivity (Wildman–Crippen MR) is 96.3 cm³/mol. The Hall–Kier alpha value is -1.73. The highest BCUT2D eigenvalue weighted by Gasteiger charge is 2.31. The van der Waals surface area contributed by atoms with Crippen molar-refractivity contribution in [3.63, 3.8) is 0 Å². The number of carbonyl (C=O) groups is 1. The average molecular weight is 347 g/mol. The van der Waals surface area contributed by atoms with Crippen molar-refractivity contribution in [3.8, 4) is 0 Å². The molecular formula is C18H29N5O2. The quantitative estimate of drug-likeness (QED) is 0.864. The first-order valence-electron chi connectivity index (χ1n) is 9.29. The molecule has 0 aliphatic carbocycles. The second kappa shape index (κ2) is 8.58. The number of carbonyl (C=O) groups excluding carboxylic acids is 1. The van der Waals surface area contributed by atoms with E-state index < -0.39 is 0 Å². The van der Waals surface area contributed by atoms with Crippen LogP contribution in [0.5, 0.6) is 0 Å². The Labute approximate surface area is 149 Å². The van der Waals surface area contributed by atoms with Gasteiger partial charge in [-0.3, -0.25) is 9.69 Å². The minimum absolute atomic E-state index is 0.0485. The number of nitrogens with zero attached hydrogens (tertiary/aromatic N) is 4. The molecular weight excluding hydrogens is 318 g/mol. The maximum Gasteiger partial charge on any atom is 0.239 e. The first kappa shape index (κ1) is 18.1. The Balaban J connectivity index is 1.49. The summed E-state index contributed by atoms with van der Waals surface area (Å²) in [6.07, 6.45) is 3.93. The average Bonchev–Trinajstić information content (AvgIpc) is 2.67. The van der Waals surface area contributed by atoms with Crippen LogP contribution in [0.25, 0.3) is 0 Å². The summed E-state index contributed by atoms with van der Waals surface area (Å²) >= 11 is 0. The van der Waals surface area contributed by atoms with E-state index in [1.165, 1.54) is 0 Å². The van der Waals surface area contributed by atoms with Crippen molar-refractivity contribution >= 4 is 11.7 Å². The van der Waals surface area contributed by atoms with Gasteiger partial charge in [-0.1, -0.05) is 6.92 Å². The van der Waals surface area contributed by atoms with Gasteiger partial charge in [0, 0.05) is 38.9 Å². The summed E-state index contributed by atoms with van der Waals surface area (Å²) < 4.78 is 5.84. The summed E-state index contributed by atoms with van der Waals surface area (Å²) in [6, 6.07) is 3.65. The smallest absolute Gasteiger partial charge is 0.239 e. The first-order chi connectivity index (χ1) is 12.1. The molecule has 25 heavy (non-hydrogen) atoms. The fraction of sp³-hybridized carbons (Fsp3) is 0.722. The molecule has 1 aromatic heterocycles. The van der Waals surface area contributed by atoms with Crippen molar-refractivity contribution in [1.82, 2.24) is 20.0 Å². The molecule has 3 heterocycles. The van der Waals surface area contributed by atoms with Gasteiger partial charge in [0.25, 0.3) is 0 Å². The molecule has 0 radical (unpaired) electrons. The topological polar surface area (TPSA) is 70.6 Å². The zero-order chi connectivity index (χ0) is 17.6. The predicted octanol–water partition coefficient (Wildman–Crippen LogP) is 1.24. The second-order valence-corrected chi connectivity index (χ2v) is 7.16. The molecule has 0 bridgehead atoms. The zero-order valence-corrected chi connectivity index (χ0v) is 15.2. The molecule has 2 aliphatic rings. The van der Waals surface area contributed by atoms with Crippen LogP contribution in [0, 0.1) is 5.92 Å². The molecule has 2 saturated heterocycles. The van der Waals surface area contributed by atoms with Crippen molar-refractivity contribution in [2.45, 2.75) is 38.8 Å². The van der Waals surface area contributed by atoms with E-state index in [-0.39, 0.29) is 18.1 Å². The van der Waals surface area contributed by atoms with Gasteiger partial charge in [-0.2, -0.15) is 5.10 Å². The number of nitrogens with one attached hydrogen (secondary N) is 1. The summed E-state index contributed by atoms with van der Waals surface area (Å²) in [5.41, 5.74) is 0. The molecule has 138 valence electrons. The summed E-state index contributed by atoms with van der Waals surface area (Å²) in [4.78, 5) is 17.1. The summed E-state index contributed by atoms with van der Waals surface area (Å²) in [7, 11) is 0. The molecule has 0 saturated carbocycles. The van der Waals surface area contributed by atoms with Gasteiger partial charge in [-0.05, 0) is 37.8 Å². The third kappa shape index (κ3) is 4.89. The summed E-state index contributed by atoms with van der Waals surface area (Å²) in [6.45, 7) is 8.96. The highest BCUT2D eigenvalue weighted by molar-refractivity contribution is 5.81. The molecule has 0 unspecified atom stereocenters. The van der Waals surface area contributed by atoms with Gasteiger partial charge in [0.2, 0.25) is 5.91 Å². The molecule has 2 atom stereocenters. The summed E-state index contributed by atoms with van der Waals surface area (Å²) in [5, 5.41) is 11.1. The standard InChI is InChI=1S/C18H29N5O2/c1-14-5-8-22(9-6-14)18(24)15(2)23-10-11-25-16(13-23)12-19-17-4-3-7-20-21-17/h3-4,7,14-16H,5-6,8-13H2,1-2H3,(H,19,21)/t15-,16+/m0/s1. The van der Waals surface area contributed by atoms with Gasteiger partial charge < -0.3 is 15.0 Å². The Morgan fingerprint density at radius 2 is 2.20 bits per heavy atom. The molecule has 1 amide bonds.